The number of anilines is 1. The van der Waals surface area contributed by atoms with Gasteiger partial charge in [-0.3, -0.25) is 14.6 Å². The summed E-state index contributed by atoms with van der Waals surface area (Å²) in [5, 5.41) is 3.73. The maximum atomic E-state index is 12.3. The fourth-order valence-corrected chi connectivity index (χ4v) is 3.79. The van der Waals surface area contributed by atoms with E-state index in [2.05, 4.69) is 20.3 Å². The molecule has 0 unspecified atom stereocenters. The lowest BCUT2D eigenvalue weighted by atomic mass is 10.1. The number of nitrogens with zero attached hydrogens (tertiary/aromatic N) is 3. The van der Waals surface area contributed by atoms with Crippen LogP contribution in [-0.2, 0) is 11.3 Å². The van der Waals surface area contributed by atoms with E-state index < -0.39 is 11.2 Å². The molecule has 3 heterocycles. The predicted molar refractivity (Wildman–Crippen MR) is 112 cm³/mol. The molecule has 4 rings (SSSR count). The molecule has 0 spiro atoms. The Morgan fingerprint density at radius 2 is 2.10 bits per heavy atom. The number of thiazole rings is 1. The molecule has 2 N–H and O–H groups in total. The van der Waals surface area contributed by atoms with Crippen molar-refractivity contribution in [3.8, 4) is 10.6 Å². The van der Waals surface area contributed by atoms with Crippen LogP contribution in [0.2, 0.25) is 0 Å². The maximum absolute atomic E-state index is 12.3. The van der Waals surface area contributed by atoms with Crippen molar-refractivity contribution in [2.45, 2.75) is 19.9 Å². The number of aromatic nitrogens is 4. The van der Waals surface area contributed by atoms with Gasteiger partial charge in [0.15, 0.2) is 0 Å². The standard InChI is InChI=1S/C20H17N5O3S/c1-12-11-13(18-23-15-3-2-8-21-19(15)29-18)4-5-14(12)22-16(26)6-9-25-10-7-17(27)24-20(25)28/h2-5,7-8,10-11H,6,9H2,1H3,(H,22,26)(H,24,27,28). The van der Waals surface area contributed by atoms with Crippen LogP contribution in [0.1, 0.15) is 12.0 Å². The molecule has 3 aromatic heterocycles. The van der Waals surface area contributed by atoms with Crippen LogP contribution in [0.25, 0.3) is 20.9 Å². The lowest BCUT2D eigenvalue weighted by Crippen LogP contribution is -2.29. The molecule has 0 saturated carbocycles. The Bertz CT molecular complexity index is 1290. The first-order valence-electron chi connectivity index (χ1n) is 8.92. The topological polar surface area (TPSA) is 110 Å². The molecule has 0 aliphatic heterocycles. The van der Waals surface area contributed by atoms with Crippen molar-refractivity contribution in [3.63, 3.8) is 0 Å². The van der Waals surface area contributed by atoms with E-state index in [0.29, 0.717) is 5.69 Å². The van der Waals surface area contributed by atoms with E-state index in [1.807, 2.05) is 37.3 Å². The van der Waals surface area contributed by atoms with Gasteiger partial charge >= 0.3 is 5.69 Å². The number of benzene rings is 1. The molecule has 9 heteroatoms. The molecule has 1 amide bonds. The number of rotatable bonds is 5. The Morgan fingerprint density at radius 3 is 2.86 bits per heavy atom. The highest BCUT2D eigenvalue weighted by atomic mass is 32.1. The van der Waals surface area contributed by atoms with Crippen LogP contribution in [-0.4, -0.2) is 25.4 Å². The van der Waals surface area contributed by atoms with Gasteiger partial charge in [0.1, 0.15) is 15.4 Å². The Balaban J connectivity index is 1.45. The van der Waals surface area contributed by atoms with Gasteiger partial charge in [-0.15, -0.1) is 0 Å². The van der Waals surface area contributed by atoms with Gasteiger partial charge in [-0.05, 0) is 42.8 Å². The van der Waals surface area contributed by atoms with Crippen LogP contribution in [0.5, 0.6) is 0 Å². The number of aromatic amines is 1. The molecular formula is C20H17N5O3S. The smallest absolute Gasteiger partial charge is 0.326 e. The zero-order valence-electron chi connectivity index (χ0n) is 15.5. The quantitative estimate of drug-likeness (QED) is 0.528. The van der Waals surface area contributed by atoms with Gasteiger partial charge < -0.3 is 9.88 Å². The van der Waals surface area contributed by atoms with Crippen molar-refractivity contribution in [2.75, 3.05) is 5.32 Å². The molecule has 0 radical (unpaired) electrons. The van der Waals surface area contributed by atoms with Crippen LogP contribution in [0, 0.1) is 6.92 Å². The third-order valence-electron chi connectivity index (χ3n) is 4.39. The SMILES string of the molecule is Cc1cc(-c2nc3cccnc3s2)ccc1NC(=O)CCn1ccc(=O)[nH]c1=O. The largest absolute Gasteiger partial charge is 0.328 e. The van der Waals surface area contributed by atoms with Crippen LogP contribution in [0.4, 0.5) is 5.69 Å². The van der Waals surface area contributed by atoms with Gasteiger partial charge in [0.05, 0.1) is 0 Å². The highest BCUT2D eigenvalue weighted by molar-refractivity contribution is 7.21. The summed E-state index contributed by atoms with van der Waals surface area (Å²) in [5.41, 5.74) is 2.44. The van der Waals surface area contributed by atoms with Crippen LogP contribution < -0.4 is 16.6 Å². The molecule has 0 saturated heterocycles. The van der Waals surface area contributed by atoms with E-state index in [4.69, 9.17) is 0 Å². The minimum Gasteiger partial charge on any atom is -0.326 e. The number of carbonyl (C=O) groups excluding carboxylic acids is 1. The molecular weight excluding hydrogens is 390 g/mol. The number of carbonyl (C=O) groups is 1. The van der Waals surface area contributed by atoms with Crippen molar-refractivity contribution in [2.24, 2.45) is 0 Å². The first-order valence-corrected chi connectivity index (χ1v) is 9.73. The van der Waals surface area contributed by atoms with Crippen molar-refractivity contribution in [1.82, 2.24) is 19.5 Å². The first-order chi connectivity index (χ1) is 14.0. The number of fused-ring (bicyclic) bond motifs is 1. The van der Waals surface area contributed by atoms with E-state index in [0.717, 1.165) is 26.5 Å². The average molecular weight is 407 g/mol. The van der Waals surface area contributed by atoms with E-state index in [1.165, 1.54) is 28.2 Å². The molecule has 0 aliphatic rings. The molecule has 29 heavy (non-hydrogen) atoms. The number of amides is 1. The molecule has 4 aromatic rings. The summed E-state index contributed by atoms with van der Waals surface area (Å²) >= 11 is 1.52. The number of hydrogen-bond donors (Lipinski definition) is 2. The van der Waals surface area contributed by atoms with Crippen LogP contribution >= 0.6 is 11.3 Å². The van der Waals surface area contributed by atoms with Crippen molar-refractivity contribution < 1.29 is 4.79 Å². The third-order valence-corrected chi connectivity index (χ3v) is 5.42. The van der Waals surface area contributed by atoms with Crippen molar-refractivity contribution in [1.29, 1.82) is 0 Å². The minimum atomic E-state index is -0.531. The Hall–Kier alpha value is -3.59. The number of pyridine rings is 1. The van der Waals surface area contributed by atoms with E-state index in [1.54, 1.807) is 6.20 Å². The van der Waals surface area contributed by atoms with Crippen molar-refractivity contribution in [3.05, 3.63) is 75.2 Å². The number of H-pyrrole nitrogens is 1. The van der Waals surface area contributed by atoms with Crippen LogP contribution in [0.15, 0.2) is 58.4 Å². The fraction of sp³-hybridized carbons (Fsp3) is 0.150. The zero-order valence-corrected chi connectivity index (χ0v) is 16.3. The molecule has 0 aliphatic carbocycles. The van der Waals surface area contributed by atoms with Gasteiger partial charge in [0, 0.05) is 42.7 Å². The van der Waals surface area contributed by atoms with E-state index >= 15 is 0 Å². The molecule has 0 fully saturated rings. The third kappa shape index (κ3) is 4.14. The summed E-state index contributed by atoms with van der Waals surface area (Å²) in [4.78, 5) is 47.0. The minimum absolute atomic E-state index is 0.108. The second-order valence-electron chi connectivity index (χ2n) is 6.48. The summed E-state index contributed by atoms with van der Waals surface area (Å²) < 4.78 is 1.29. The molecule has 0 bridgehead atoms. The Labute approximate surface area is 168 Å². The highest BCUT2D eigenvalue weighted by Crippen LogP contribution is 2.30. The predicted octanol–water partition coefficient (Wildman–Crippen LogP) is 2.55. The lowest BCUT2D eigenvalue weighted by molar-refractivity contribution is -0.116. The first kappa shape index (κ1) is 18.8. The van der Waals surface area contributed by atoms with E-state index in [9.17, 15) is 14.4 Å². The number of hydrogen-bond acceptors (Lipinski definition) is 6. The number of aryl methyl sites for hydroxylation is 2. The molecule has 146 valence electrons. The fourth-order valence-electron chi connectivity index (χ4n) is 2.89. The monoisotopic (exact) mass is 407 g/mol. The highest BCUT2D eigenvalue weighted by Gasteiger charge is 2.10. The Morgan fingerprint density at radius 1 is 1.24 bits per heavy atom. The van der Waals surface area contributed by atoms with E-state index in [-0.39, 0.29) is 18.9 Å². The van der Waals surface area contributed by atoms with Crippen LogP contribution in [0.3, 0.4) is 0 Å². The molecule has 0 atom stereocenters. The summed E-state index contributed by atoms with van der Waals surface area (Å²) in [7, 11) is 0. The summed E-state index contributed by atoms with van der Waals surface area (Å²) in [6, 6.07) is 10.8. The van der Waals surface area contributed by atoms with Gasteiger partial charge in [-0.2, -0.15) is 0 Å². The second-order valence-corrected chi connectivity index (χ2v) is 7.46. The summed E-state index contributed by atoms with van der Waals surface area (Å²) in [5.74, 6) is -0.219. The number of nitrogens with one attached hydrogen (secondary N) is 2. The zero-order chi connectivity index (χ0) is 20.4. The molecule has 8 nitrogen and oxygen atoms in total. The lowest BCUT2D eigenvalue weighted by Gasteiger charge is -2.10. The van der Waals surface area contributed by atoms with Crippen molar-refractivity contribution >= 4 is 33.3 Å². The average Bonchev–Trinajstić information content (AvgIpc) is 3.13. The van der Waals surface area contributed by atoms with Gasteiger partial charge in [-0.1, -0.05) is 11.3 Å². The Kier molecular flexibility index (Phi) is 5.05. The maximum Gasteiger partial charge on any atom is 0.328 e. The van der Waals surface area contributed by atoms with Gasteiger partial charge in [-0.25, -0.2) is 14.8 Å². The molecule has 1 aromatic carbocycles. The second kappa shape index (κ2) is 7.80. The summed E-state index contributed by atoms with van der Waals surface area (Å²) in [6.07, 6.45) is 3.23. The summed E-state index contributed by atoms with van der Waals surface area (Å²) in [6.45, 7) is 2.09. The van der Waals surface area contributed by atoms with Gasteiger partial charge in [0.2, 0.25) is 5.91 Å². The normalized spacial score (nSPS) is 10.9. The van der Waals surface area contributed by atoms with Gasteiger partial charge in [0.25, 0.3) is 5.56 Å².